The minimum absolute atomic E-state index is 0. The van der Waals surface area contributed by atoms with E-state index in [2.05, 4.69) is 171 Å². The molecule has 0 aliphatic heterocycles. The summed E-state index contributed by atoms with van der Waals surface area (Å²) in [5.41, 5.74) is 3.85. The van der Waals surface area contributed by atoms with Crippen molar-refractivity contribution in [2.45, 2.75) is 13.5 Å². The summed E-state index contributed by atoms with van der Waals surface area (Å²) in [6.45, 7) is 4.51. The summed E-state index contributed by atoms with van der Waals surface area (Å²) >= 11 is 1.69. The summed E-state index contributed by atoms with van der Waals surface area (Å²) in [7, 11) is 0. The summed E-state index contributed by atoms with van der Waals surface area (Å²) in [6, 6.07) is 56.3. The molecule has 0 nitrogen and oxygen atoms in total. The fourth-order valence-electron chi connectivity index (χ4n) is 5.67. The predicted octanol–water partition coefficient (Wildman–Crippen LogP) is 4.47. The summed E-state index contributed by atoms with van der Waals surface area (Å²) < 4.78 is 0. The van der Waals surface area contributed by atoms with Gasteiger partial charge in [-0.15, -0.1) is 74.3 Å². The Bertz CT molecular complexity index is 2080. The molecule has 0 saturated heterocycles. The van der Waals surface area contributed by atoms with E-state index in [1.54, 1.807) is 28.5 Å². The summed E-state index contributed by atoms with van der Waals surface area (Å²) in [6.07, 6.45) is 0. The maximum atomic E-state index is 2.35. The number of aryl methyl sites for hydroxylation is 1. The van der Waals surface area contributed by atoms with Crippen molar-refractivity contribution in [1.82, 2.24) is 0 Å². The van der Waals surface area contributed by atoms with Crippen molar-refractivity contribution >= 4 is 53.7 Å². The van der Waals surface area contributed by atoms with Crippen LogP contribution in [-0.4, -0.2) is 5.43 Å². The normalized spacial score (nSPS) is 10.3. The topological polar surface area (TPSA) is 0 Å². The van der Waals surface area contributed by atoms with Crippen LogP contribution in [0.3, 0.4) is 0 Å². The van der Waals surface area contributed by atoms with Gasteiger partial charge >= 0.3 is 70.8 Å². The Labute approximate surface area is 287 Å². The van der Waals surface area contributed by atoms with Crippen molar-refractivity contribution < 1.29 is 48.1 Å². The number of benzene rings is 6. The van der Waals surface area contributed by atoms with E-state index in [1.165, 1.54) is 59.8 Å². The number of hydrogen-bond donors (Lipinski definition) is 0. The average Bonchev–Trinajstić information content (AvgIpc) is 3.61. The van der Waals surface area contributed by atoms with Gasteiger partial charge in [-0.2, -0.15) is 6.07 Å². The molecule has 8 rings (SSSR count). The van der Waals surface area contributed by atoms with Gasteiger partial charge in [0.1, 0.15) is 0 Å². The first-order valence-electron chi connectivity index (χ1n) is 14.4. The second kappa shape index (κ2) is 15.6. The van der Waals surface area contributed by atoms with Gasteiger partial charge in [-0.1, -0.05) is 97.4 Å². The molecule has 0 unspecified atom stereocenters. The predicted molar refractivity (Wildman–Crippen MR) is 182 cm³/mol. The molecular formula is C40H32Cl2SiZr-2. The molecule has 44 heavy (non-hydrogen) atoms. The quantitative estimate of drug-likeness (QED) is 0.185. The van der Waals surface area contributed by atoms with Gasteiger partial charge in [0.05, 0.1) is 0 Å². The van der Waals surface area contributed by atoms with Gasteiger partial charge in [-0.25, -0.2) is 0 Å². The van der Waals surface area contributed by atoms with Crippen LogP contribution in [0.5, 0.6) is 0 Å². The minimum atomic E-state index is -0.122. The monoisotopic (exact) mass is 700 g/mol. The van der Waals surface area contributed by atoms with E-state index in [1.807, 2.05) is 0 Å². The third-order valence-electron chi connectivity index (χ3n) is 7.70. The average molecular weight is 703 g/mol. The molecule has 0 bridgehead atoms. The summed E-state index contributed by atoms with van der Waals surface area (Å²) in [4.78, 5) is 0. The molecule has 0 heterocycles. The smallest absolute Gasteiger partial charge is 0.0114 e. The molecular weight excluding hydrogens is 671 g/mol. The molecule has 216 valence electrons. The van der Waals surface area contributed by atoms with Gasteiger partial charge < -0.3 is 24.8 Å². The Morgan fingerprint density at radius 2 is 0.932 bits per heavy atom. The zero-order valence-electron chi connectivity index (χ0n) is 24.8. The molecule has 0 spiro atoms. The zero-order chi connectivity index (χ0) is 28.9. The Morgan fingerprint density at radius 3 is 1.55 bits per heavy atom. The molecule has 0 atom stereocenters. The van der Waals surface area contributed by atoms with Gasteiger partial charge in [0.15, 0.2) is 0 Å². The van der Waals surface area contributed by atoms with Crippen LogP contribution in [0.15, 0.2) is 158 Å². The van der Waals surface area contributed by atoms with E-state index in [0.29, 0.717) is 0 Å². The third kappa shape index (κ3) is 7.51. The van der Waals surface area contributed by atoms with Crippen molar-refractivity contribution in [2.24, 2.45) is 0 Å². The van der Waals surface area contributed by atoms with Gasteiger partial charge in [0.2, 0.25) is 0 Å². The van der Waals surface area contributed by atoms with E-state index in [4.69, 9.17) is 0 Å². The van der Waals surface area contributed by atoms with Crippen LogP contribution in [0.1, 0.15) is 5.56 Å². The number of rotatable bonds is 2. The van der Waals surface area contributed by atoms with Crippen molar-refractivity contribution in [2.75, 3.05) is 0 Å². The van der Waals surface area contributed by atoms with Crippen molar-refractivity contribution in [3.8, 4) is 11.1 Å². The number of fused-ring (bicyclic) bond motifs is 5. The van der Waals surface area contributed by atoms with E-state index >= 15 is 0 Å². The molecule has 4 heteroatoms. The maximum Gasteiger partial charge on any atom is -0.0114 e. The van der Waals surface area contributed by atoms with E-state index < -0.39 is 0 Å². The molecule has 0 N–H and O–H groups in total. The first kappa shape index (κ1) is 33.6. The van der Waals surface area contributed by atoms with Crippen LogP contribution < -0.4 is 30.0 Å². The summed E-state index contributed by atoms with van der Waals surface area (Å²) in [5.74, 6) is 0. The van der Waals surface area contributed by atoms with Crippen LogP contribution in [0.2, 0.25) is 6.55 Å². The van der Waals surface area contributed by atoms with Gasteiger partial charge in [0, 0.05) is 0 Å². The first-order chi connectivity index (χ1) is 20.6. The van der Waals surface area contributed by atoms with Crippen LogP contribution >= 0.6 is 0 Å². The number of halogens is 2. The second-order valence-corrected chi connectivity index (χ2v) is 18.0. The van der Waals surface area contributed by atoms with Gasteiger partial charge in [-0.05, 0) is 16.3 Å². The van der Waals surface area contributed by atoms with E-state index in [0.717, 1.165) is 0 Å². The van der Waals surface area contributed by atoms with Crippen LogP contribution in [0.4, 0.5) is 0 Å². The molecule has 0 amide bonds. The first-order valence-corrected chi connectivity index (χ1v) is 20.0. The van der Waals surface area contributed by atoms with Gasteiger partial charge in [-0.3, -0.25) is 0 Å². The minimum Gasteiger partial charge on any atom is -1.00 e. The third-order valence-corrected chi connectivity index (χ3v) is 11.0. The van der Waals surface area contributed by atoms with Crippen molar-refractivity contribution in [3.63, 3.8) is 0 Å². The van der Waals surface area contributed by atoms with Crippen LogP contribution in [-0.2, 0) is 23.3 Å². The van der Waals surface area contributed by atoms with Crippen molar-refractivity contribution in [3.05, 3.63) is 163 Å². The molecule has 8 aromatic rings. The Kier molecular flexibility index (Phi) is 12.0. The molecule has 0 aliphatic carbocycles. The fourth-order valence-corrected chi connectivity index (χ4v) is 7.59. The second-order valence-electron chi connectivity index (χ2n) is 10.7. The summed E-state index contributed by atoms with van der Waals surface area (Å²) in [5, 5.41) is 12.2. The largest absolute Gasteiger partial charge is 1.00 e. The van der Waals surface area contributed by atoms with E-state index in [9.17, 15) is 0 Å². The van der Waals surface area contributed by atoms with Crippen molar-refractivity contribution in [1.29, 1.82) is 0 Å². The molecule has 0 saturated carbocycles. The Morgan fingerprint density at radius 1 is 0.477 bits per heavy atom. The molecule has 0 aromatic heterocycles. The van der Waals surface area contributed by atoms with Crippen LogP contribution in [0.25, 0.3) is 54.2 Å². The zero-order valence-corrected chi connectivity index (χ0v) is 29.7. The van der Waals surface area contributed by atoms with E-state index in [-0.39, 0.29) is 30.2 Å². The van der Waals surface area contributed by atoms with Crippen LogP contribution in [0, 0.1) is 6.92 Å². The standard InChI is InChI=1S/C20H15.C13H9.C7H8Si.2ClH.Zr/c1-14-12-16-8-5-11-19(20(16)13-14)18-10-4-7-15-6-2-3-9-17(15)18;1-3-7-12-10(5-1)9-11-6-2-4-8-13(11)12;1-8-7-5-3-2-4-6-7;;;/h2-13H,1H3;1-9H;2-6H,1H3;2*1H;/q2*-1;;;;+2/p-2. The molecule has 8 aromatic carbocycles. The molecule has 0 fully saturated rings. The SMILES string of the molecule is C[Si](=[Zr+2])c1ccccc1.Cc1cc2c(-c3cccc4ccccc34)cccc2[cH-]1.[Cl-].[Cl-].c1ccc2c(c1)[cH-]c1ccccc12. The van der Waals surface area contributed by atoms with Gasteiger partial charge in [0.25, 0.3) is 0 Å². The Balaban J connectivity index is 0.000000160. The molecule has 0 aliphatic rings. The maximum absolute atomic E-state index is 2.35. The Hall–Kier alpha value is -3.26. The number of hydrogen-bond acceptors (Lipinski definition) is 0. The fraction of sp³-hybridized carbons (Fsp3) is 0.0500. The molecule has 0 radical (unpaired) electrons.